The minimum absolute atomic E-state index is 0.0743. The van der Waals surface area contributed by atoms with E-state index in [0.29, 0.717) is 11.3 Å². The van der Waals surface area contributed by atoms with Gasteiger partial charge in [-0.25, -0.2) is 9.48 Å². The molecule has 0 aliphatic heterocycles. The van der Waals surface area contributed by atoms with Crippen molar-refractivity contribution in [1.82, 2.24) is 14.8 Å². The summed E-state index contributed by atoms with van der Waals surface area (Å²) in [5.41, 5.74) is 2.92. The summed E-state index contributed by atoms with van der Waals surface area (Å²) < 4.78 is 6.65. The topological polar surface area (TPSA) is 80.8 Å². The Morgan fingerprint density at radius 1 is 1.23 bits per heavy atom. The molecule has 0 saturated carbocycles. The highest BCUT2D eigenvalue weighted by molar-refractivity contribution is 5.98. The molecule has 0 spiro atoms. The Labute approximate surface area is 151 Å². The molecule has 3 rings (SSSR count). The van der Waals surface area contributed by atoms with E-state index in [-0.39, 0.29) is 12.2 Å². The van der Waals surface area contributed by atoms with Crippen LogP contribution in [0.2, 0.25) is 0 Å². The van der Waals surface area contributed by atoms with Crippen LogP contribution in [0.3, 0.4) is 0 Å². The molecule has 0 amide bonds. The summed E-state index contributed by atoms with van der Waals surface area (Å²) in [6, 6.07) is 15.1. The molecule has 6 heteroatoms. The van der Waals surface area contributed by atoms with Crippen molar-refractivity contribution >= 4 is 12.0 Å². The number of para-hydroxylation sites is 1. The van der Waals surface area contributed by atoms with Crippen molar-refractivity contribution in [3.05, 3.63) is 72.2 Å². The first kappa shape index (κ1) is 17.1. The van der Waals surface area contributed by atoms with Crippen molar-refractivity contribution in [2.24, 2.45) is 0 Å². The summed E-state index contributed by atoms with van der Waals surface area (Å²) >= 11 is 0. The smallest absolute Gasteiger partial charge is 0.348 e. The zero-order valence-electron chi connectivity index (χ0n) is 14.2. The maximum Gasteiger partial charge on any atom is 0.348 e. The van der Waals surface area contributed by atoms with Gasteiger partial charge >= 0.3 is 5.97 Å². The molecule has 2 heterocycles. The van der Waals surface area contributed by atoms with Crippen molar-refractivity contribution in [3.8, 4) is 23.0 Å². The summed E-state index contributed by atoms with van der Waals surface area (Å²) in [4.78, 5) is 16.0. The Kier molecular flexibility index (Phi) is 5.20. The fourth-order valence-electron chi connectivity index (χ4n) is 2.44. The number of esters is 1. The molecule has 2 aromatic heterocycles. The molecule has 0 saturated heterocycles. The summed E-state index contributed by atoms with van der Waals surface area (Å²) in [7, 11) is 0. The van der Waals surface area contributed by atoms with Crippen LogP contribution < -0.4 is 0 Å². The van der Waals surface area contributed by atoms with Crippen molar-refractivity contribution in [2.75, 3.05) is 6.61 Å². The molecule has 0 aliphatic carbocycles. The molecule has 3 aromatic rings. The van der Waals surface area contributed by atoms with E-state index in [2.05, 4.69) is 10.1 Å². The van der Waals surface area contributed by atoms with E-state index in [4.69, 9.17) is 4.74 Å². The standard InChI is InChI=1S/C20H16N4O2/c1-2-26-20(25)16(13-21)12-17-14-24(18-6-4-3-5-7-18)23-19(17)15-8-10-22-11-9-15/h3-12,14H,2H2,1H3/b16-12+. The lowest BCUT2D eigenvalue weighted by Gasteiger charge is -2.00. The van der Waals surface area contributed by atoms with Gasteiger partial charge in [-0.1, -0.05) is 18.2 Å². The molecule has 0 atom stereocenters. The molecule has 6 nitrogen and oxygen atoms in total. The van der Waals surface area contributed by atoms with Crippen LogP contribution in [0.5, 0.6) is 0 Å². The minimum atomic E-state index is -0.650. The van der Waals surface area contributed by atoms with Crippen LogP contribution in [0, 0.1) is 11.3 Å². The van der Waals surface area contributed by atoms with E-state index in [9.17, 15) is 10.1 Å². The van der Waals surface area contributed by atoms with Gasteiger partial charge in [-0.15, -0.1) is 0 Å². The Balaban J connectivity index is 2.12. The van der Waals surface area contributed by atoms with E-state index in [1.54, 1.807) is 30.2 Å². The Morgan fingerprint density at radius 3 is 2.62 bits per heavy atom. The van der Waals surface area contributed by atoms with Gasteiger partial charge in [0.15, 0.2) is 0 Å². The van der Waals surface area contributed by atoms with Crippen LogP contribution in [-0.4, -0.2) is 27.3 Å². The van der Waals surface area contributed by atoms with Crippen molar-refractivity contribution in [1.29, 1.82) is 5.26 Å². The van der Waals surface area contributed by atoms with Crippen LogP contribution in [0.4, 0.5) is 0 Å². The van der Waals surface area contributed by atoms with E-state index in [0.717, 1.165) is 11.3 Å². The Bertz CT molecular complexity index is 970. The molecule has 0 bridgehead atoms. The van der Waals surface area contributed by atoms with Gasteiger partial charge in [0, 0.05) is 29.7 Å². The van der Waals surface area contributed by atoms with Crippen LogP contribution in [0.15, 0.2) is 66.6 Å². The van der Waals surface area contributed by atoms with Gasteiger partial charge in [0.2, 0.25) is 0 Å². The summed E-state index contributed by atoms with van der Waals surface area (Å²) in [6.07, 6.45) is 6.61. The predicted molar refractivity (Wildman–Crippen MR) is 97.0 cm³/mol. The van der Waals surface area contributed by atoms with Crippen LogP contribution in [-0.2, 0) is 9.53 Å². The highest BCUT2D eigenvalue weighted by atomic mass is 16.5. The van der Waals surface area contributed by atoms with E-state index in [1.807, 2.05) is 48.5 Å². The van der Waals surface area contributed by atoms with Crippen molar-refractivity contribution in [2.45, 2.75) is 6.92 Å². The number of benzene rings is 1. The van der Waals surface area contributed by atoms with Gasteiger partial charge in [0.25, 0.3) is 0 Å². The van der Waals surface area contributed by atoms with Gasteiger partial charge in [-0.2, -0.15) is 10.4 Å². The summed E-state index contributed by atoms with van der Waals surface area (Å²) in [5.74, 6) is -0.650. The number of hydrogen-bond donors (Lipinski definition) is 0. The molecule has 1 aromatic carbocycles. The second-order valence-electron chi connectivity index (χ2n) is 5.34. The third-order valence-corrected chi connectivity index (χ3v) is 3.63. The highest BCUT2D eigenvalue weighted by Crippen LogP contribution is 2.25. The fourth-order valence-corrected chi connectivity index (χ4v) is 2.44. The third-order valence-electron chi connectivity index (χ3n) is 3.63. The van der Waals surface area contributed by atoms with Gasteiger partial charge in [0.05, 0.1) is 12.3 Å². The number of pyridine rings is 1. The predicted octanol–water partition coefficient (Wildman–Crippen LogP) is 3.40. The quantitative estimate of drug-likeness (QED) is 0.402. The zero-order valence-corrected chi connectivity index (χ0v) is 14.2. The Hall–Kier alpha value is -3.72. The van der Waals surface area contributed by atoms with Gasteiger partial charge in [-0.05, 0) is 37.3 Å². The average Bonchev–Trinajstić information content (AvgIpc) is 3.11. The number of ether oxygens (including phenoxy) is 1. The molecular weight excluding hydrogens is 328 g/mol. The van der Waals surface area contributed by atoms with Gasteiger partial charge < -0.3 is 4.74 Å². The number of aromatic nitrogens is 3. The fraction of sp³-hybridized carbons (Fsp3) is 0.100. The van der Waals surface area contributed by atoms with E-state index < -0.39 is 5.97 Å². The second kappa shape index (κ2) is 7.90. The molecule has 128 valence electrons. The van der Waals surface area contributed by atoms with Gasteiger partial charge in [0.1, 0.15) is 17.3 Å². The summed E-state index contributed by atoms with van der Waals surface area (Å²) in [6.45, 7) is 1.90. The molecule has 26 heavy (non-hydrogen) atoms. The average molecular weight is 344 g/mol. The maximum atomic E-state index is 12.0. The molecule has 0 radical (unpaired) electrons. The lowest BCUT2D eigenvalue weighted by atomic mass is 10.1. The first-order chi connectivity index (χ1) is 12.7. The van der Waals surface area contributed by atoms with Crippen LogP contribution >= 0.6 is 0 Å². The molecule has 0 aliphatic rings. The molecule has 0 unspecified atom stereocenters. The number of nitriles is 1. The highest BCUT2D eigenvalue weighted by Gasteiger charge is 2.15. The monoisotopic (exact) mass is 344 g/mol. The number of nitrogens with zero attached hydrogens (tertiary/aromatic N) is 4. The van der Waals surface area contributed by atoms with Gasteiger partial charge in [-0.3, -0.25) is 4.98 Å². The molecule has 0 N–H and O–H groups in total. The largest absolute Gasteiger partial charge is 0.462 e. The molecular formula is C20H16N4O2. The first-order valence-corrected chi connectivity index (χ1v) is 8.07. The first-order valence-electron chi connectivity index (χ1n) is 8.07. The number of rotatable bonds is 5. The zero-order chi connectivity index (χ0) is 18.4. The molecule has 0 fully saturated rings. The van der Waals surface area contributed by atoms with Crippen LogP contribution in [0.1, 0.15) is 12.5 Å². The SMILES string of the molecule is CCOC(=O)/C(C#N)=C/c1cn(-c2ccccc2)nc1-c1ccncc1. The lowest BCUT2D eigenvalue weighted by Crippen LogP contribution is -2.06. The number of hydrogen-bond acceptors (Lipinski definition) is 5. The van der Waals surface area contributed by atoms with E-state index >= 15 is 0 Å². The summed E-state index contributed by atoms with van der Waals surface area (Å²) in [5, 5.41) is 13.9. The lowest BCUT2D eigenvalue weighted by molar-refractivity contribution is -0.137. The van der Waals surface area contributed by atoms with Crippen LogP contribution in [0.25, 0.3) is 23.0 Å². The Morgan fingerprint density at radius 2 is 1.96 bits per heavy atom. The second-order valence-corrected chi connectivity index (χ2v) is 5.34. The minimum Gasteiger partial charge on any atom is -0.462 e. The van der Waals surface area contributed by atoms with Crippen molar-refractivity contribution in [3.63, 3.8) is 0 Å². The number of carbonyl (C=O) groups excluding carboxylic acids is 1. The third kappa shape index (κ3) is 3.68. The maximum absolute atomic E-state index is 12.0. The van der Waals surface area contributed by atoms with Crippen molar-refractivity contribution < 1.29 is 9.53 Å². The number of carbonyl (C=O) groups is 1. The normalized spacial score (nSPS) is 11.0. The van der Waals surface area contributed by atoms with E-state index in [1.165, 1.54) is 6.08 Å².